The monoisotopic (exact) mass is 238 g/mol. The zero-order valence-electron chi connectivity index (χ0n) is 10.0. The van der Waals surface area contributed by atoms with Crippen LogP contribution in [0.25, 0.3) is 0 Å². The second-order valence-corrected chi connectivity index (χ2v) is 4.72. The fraction of sp³-hybridized carbons (Fsp3) is 0.267. The second-order valence-electron chi connectivity index (χ2n) is 4.72. The maximum Gasteiger partial charge on any atom is 0.191 e. The van der Waals surface area contributed by atoms with Gasteiger partial charge in [0, 0.05) is 18.6 Å². The van der Waals surface area contributed by atoms with Crippen LogP contribution in [0.5, 0.6) is 0 Å². The van der Waals surface area contributed by atoms with Gasteiger partial charge in [-0.15, -0.1) is 0 Å². The van der Waals surface area contributed by atoms with E-state index >= 15 is 0 Å². The van der Waals surface area contributed by atoms with Gasteiger partial charge in [-0.05, 0) is 36.6 Å². The maximum atomic E-state index is 12.7. The number of aromatic nitrogens is 2. The Morgan fingerprint density at radius 1 is 1.11 bits per heavy atom. The van der Waals surface area contributed by atoms with Crippen molar-refractivity contribution in [3.63, 3.8) is 0 Å². The highest BCUT2D eigenvalue weighted by Crippen LogP contribution is 2.45. The molecule has 0 aliphatic heterocycles. The van der Waals surface area contributed by atoms with E-state index in [2.05, 4.69) is 9.97 Å². The lowest BCUT2D eigenvalue weighted by Crippen LogP contribution is -2.42. The van der Waals surface area contributed by atoms with Crippen molar-refractivity contribution in [1.82, 2.24) is 9.97 Å². The first-order valence-corrected chi connectivity index (χ1v) is 6.19. The van der Waals surface area contributed by atoms with E-state index in [0.29, 0.717) is 5.69 Å². The van der Waals surface area contributed by atoms with Crippen molar-refractivity contribution in [3.8, 4) is 0 Å². The van der Waals surface area contributed by atoms with E-state index in [1.807, 2.05) is 24.3 Å². The van der Waals surface area contributed by atoms with Crippen LogP contribution in [0.15, 0.2) is 48.9 Å². The molecule has 0 saturated heterocycles. The van der Waals surface area contributed by atoms with Gasteiger partial charge < -0.3 is 0 Å². The zero-order valence-corrected chi connectivity index (χ0v) is 10.0. The molecule has 2 aromatic rings. The summed E-state index contributed by atoms with van der Waals surface area (Å²) in [4.78, 5) is 21.0. The van der Waals surface area contributed by atoms with Gasteiger partial charge in [0.15, 0.2) is 5.78 Å². The molecule has 1 saturated carbocycles. The highest BCUT2D eigenvalue weighted by atomic mass is 16.1. The molecule has 0 bridgehead atoms. The summed E-state index contributed by atoms with van der Waals surface area (Å²) in [5, 5.41) is 0. The van der Waals surface area contributed by atoms with Gasteiger partial charge in [0.1, 0.15) is 5.69 Å². The molecule has 0 aromatic carbocycles. The van der Waals surface area contributed by atoms with Gasteiger partial charge in [-0.2, -0.15) is 0 Å². The van der Waals surface area contributed by atoms with E-state index in [4.69, 9.17) is 0 Å². The molecule has 0 amide bonds. The molecule has 3 heteroatoms. The Bertz CT molecular complexity index is 547. The molecule has 2 heterocycles. The quantitative estimate of drug-likeness (QED) is 0.772. The van der Waals surface area contributed by atoms with Crippen LogP contribution in [0, 0.1) is 0 Å². The molecule has 3 rings (SSSR count). The summed E-state index contributed by atoms with van der Waals surface area (Å²) in [5.74, 6) is 0.127. The Hall–Kier alpha value is -2.03. The van der Waals surface area contributed by atoms with Crippen LogP contribution in [-0.4, -0.2) is 15.8 Å². The van der Waals surface area contributed by atoms with Crippen molar-refractivity contribution < 1.29 is 4.79 Å². The summed E-state index contributed by atoms with van der Waals surface area (Å²) in [6.45, 7) is 0. The lowest BCUT2D eigenvalue weighted by atomic mass is 9.61. The summed E-state index contributed by atoms with van der Waals surface area (Å²) in [7, 11) is 0. The molecule has 0 spiro atoms. The Morgan fingerprint density at radius 3 is 2.56 bits per heavy atom. The SMILES string of the molecule is O=C(c1ccccn1)C1(c2cccnc2)CCC1. The minimum absolute atomic E-state index is 0.127. The summed E-state index contributed by atoms with van der Waals surface area (Å²) < 4.78 is 0. The summed E-state index contributed by atoms with van der Waals surface area (Å²) >= 11 is 0. The highest BCUT2D eigenvalue weighted by molar-refractivity contribution is 6.03. The van der Waals surface area contributed by atoms with Gasteiger partial charge in [0.25, 0.3) is 0 Å². The van der Waals surface area contributed by atoms with Crippen molar-refractivity contribution in [2.24, 2.45) is 0 Å². The van der Waals surface area contributed by atoms with Crippen molar-refractivity contribution in [2.45, 2.75) is 24.7 Å². The number of Topliss-reactive ketones (excluding diaryl/α,β-unsaturated/α-hetero) is 1. The van der Waals surface area contributed by atoms with Crippen LogP contribution < -0.4 is 0 Å². The lowest BCUT2D eigenvalue weighted by molar-refractivity contribution is 0.0782. The Balaban J connectivity index is 2.01. The van der Waals surface area contributed by atoms with Gasteiger partial charge in [-0.25, -0.2) is 0 Å². The minimum Gasteiger partial charge on any atom is -0.291 e. The second kappa shape index (κ2) is 4.33. The van der Waals surface area contributed by atoms with E-state index in [1.165, 1.54) is 0 Å². The fourth-order valence-electron chi connectivity index (χ4n) is 2.57. The molecule has 90 valence electrons. The number of carbonyl (C=O) groups is 1. The van der Waals surface area contributed by atoms with Crippen LogP contribution in [0.2, 0.25) is 0 Å². The van der Waals surface area contributed by atoms with E-state index in [0.717, 1.165) is 24.8 Å². The van der Waals surface area contributed by atoms with Gasteiger partial charge >= 0.3 is 0 Å². The molecule has 0 radical (unpaired) electrons. The molecule has 1 fully saturated rings. The van der Waals surface area contributed by atoms with Gasteiger partial charge in [-0.1, -0.05) is 18.6 Å². The van der Waals surface area contributed by atoms with E-state index in [-0.39, 0.29) is 11.2 Å². The average Bonchev–Trinajstić information content (AvgIpc) is 2.40. The Labute approximate surface area is 106 Å². The lowest BCUT2D eigenvalue weighted by Gasteiger charge is -2.40. The van der Waals surface area contributed by atoms with Crippen molar-refractivity contribution >= 4 is 5.78 Å². The smallest absolute Gasteiger partial charge is 0.191 e. The number of hydrogen-bond acceptors (Lipinski definition) is 3. The first-order chi connectivity index (χ1) is 8.83. The minimum atomic E-state index is -0.386. The van der Waals surface area contributed by atoms with E-state index in [1.54, 1.807) is 24.7 Å². The molecule has 2 aromatic heterocycles. The first kappa shape index (κ1) is 11.1. The number of rotatable bonds is 3. The highest BCUT2D eigenvalue weighted by Gasteiger charge is 2.46. The van der Waals surface area contributed by atoms with Crippen LogP contribution >= 0.6 is 0 Å². The third kappa shape index (κ3) is 1.63. The largest absolute Gasteiger partial charge is 0.291 e. The fourth-order valence-corrected chi connectivity index (χ4v) is 2.57. The van der Waals surface area contributed by atoms with Crippen LogP contribution in [0.4, 0.5) is 0 Å². The number of ketones is 1. The van der Waals surface area contributed by atoms with E-state index < -0.39 is 0 Å². The Kier molecular flexibility index (Phi) is 2.67. The molecule has 0 atom stereocenters. The summed E-state index contributed by atoms with van der Waals surface area (Å²) in [6, 6.07) is 9.36. The predicted octanol–water partition coefficient (Wildman–Crippen LogP) is 2.78. The van der Waals surface area contributed by atoms with Gasteiger partial charge in [0.05, 0.1) is 5.41 Å². The van der Waals surface area contributed by atoms with Crippen molar-refractivity contribution in [1.29, 1.82) is 0 Å². The molecule has 0 unspecified atom stereocenters. The number of pyridine rings is 2. The molecular formula is C15H14N2O. The summed E-state index contributed by atoms with van der Waals surface area (Å²) in [6.07, 6.45) is 8.10. The number of carbonyl (C=O) groups excluding carboxylic acids is 1. The normalized spacial score (nSPS) is 16.9. The Morgan fingerprint density at radius 2 is 2.00 bits per heavy atom. The van der Waals surface area contributed by atoms with E-state index in [9.17, 15) is 4.79 Å². The molecular weight excluding hydrogens is 224 g/mol. The van der Waals surface area contributed by atoms with Gasteiger partial charge in [-0.3, -0.25) is 14.8 Å². The predicted molar refractivity (Wildman–Crippen MR) is 68.3 cm³/mol. The topological polar surface area (TPSA) is 42.9 Å². The molecule has 1 aliphatic rings. The van der Waals surface area contributed by atoms with Crippen LogP contribution in [0.3, 0.4) is 0 Å². The van der Waals surface area contributed by atoms with Crippen LogP contribution in [0.1, 0.15) is 35.3 Å². The summed E-state index contributed by atoms with van der Waals surface area (Å²) in [5.41, 5.74) is 1.19. The third-order valence-corrected chi connectivity index (χ3v) is 3.75. The number of hydrogen-bond donors (Lipinski definition) is 0. The number of nitrogens with zero attached hydrogens (tertiary/aromatic N) is 2. The van der Waals surface area contributed by atoms with Crippen LogP contribution in [-0.2, 0) is 5.41 Å². The average molecular weight is 238 g/mol. The first-order valence-electron chi connectivity index (χ1n) is 6.19. The molecule has 3 nitrogen and oxygen atoms in total. The molecule has 18 heavy (non-hydrogen) atoms. The zero-order chi connectivity index (χ0) is 12.4. The molecule has 0 N–H and O–H groups in total. The maximum absolute atomic E-state index is 12.7. The third-order valence-electron chi connectivity index (χ3n) is 3.75. The standard InChI is InChI=1S/C15H14N2O/c18-14(13-6-1-2-10-17-13)15(7-4-8-15)12-5-3-9-16-11-12/h1-3,5-6,9-11H,4,7-8H2. The van der Waals surface area contributed by atoms with Gasteiger partial charge in [0.2, 0.25) is 0 Å². The molecule has 1 aliphatic carbocycles. The van der Waals surface area contributed by atoms with Crippen molar-refractivity contribution in [3.05, 3.63) is 60.2 Å². The van der Waals surface area contributed by atoms with Crippen molar-refractivity contribution in [2.75, 3.05) is 0 Å².